The van der Waals surface area contributed by atoms with E-state index in [9.17, 15) is 8.42 Å². The summed E-state index contributed by atoms with van der Waals surface area (Å²) in [5, 5.41) is 0. The zero-order valence-corrected chi connectivity index (χ0v) is 12.1. The Balaban J connectivity index is 1.78. The Hall–Kier alpha value is -1.81. The van der Waals surface area contributed by atoms with E-state index in [0.29, 0.717) is 11.3 Å². The molecule has 3 nitrogen and oxygen atoms in total. The molecule has 0 saturated carbocycles. The maximum absolute atomic E-state index is 12.3. The fourth-order valence-electron chi connectivity index (χ4n) is 2.51. The number of aryl methyl sites for hydroxylation is 1. The highest BCUT2D eigenvalue weighted by Gasteiger charge is 2.28. The summed E-state index contributed by atoms with van der Waals surface area (Å²) in [5.74, 6) is 0.828. The molecule has 2 aromatic carbocycles. The van der Waals surface area contributed by atoms with E-state index >= 15 is 0 Å². The molecule has 0 spiro atoms. The van der Waals surface area contributed by atoms with E-state index < -0.39 is 9.84 Å². The molecule has 20 heavy (non-hydrogen) atoms. The molecule has 0 saturated heterocycles. The highest BCUT2D eigenvalue weighted by molar-refractivity contribution is 7.91. The van der Waals surface area contributed by atoms with Gasteiger partial charge in [0.25, 0.3) is 0 Å². The van der Waals surface area contributed by atoms with Crippen LogP contribution >= 0.6 is 0 Å². The maximum Gasteiger partial charge on any atom is 0.182 e. The third-order valence-corrected chi connectivity index (χ3v) is 5.27. The van der Waals surface area contributed by atoms with E-state index in [1.807, 2.05) is 25.1 Å². The average molecular weight is 288 g/mol. The monoisotopic (exact) mass is 288 g/mol. The number of hydrogen-bond donors (Lipinski definition) is 0. The van der Waals surface area contributed by atoms with Crippen molar-refractivity contribution in [3.05, 3.63) is 59.7 Å². The predicted molar refractivity (Wildman–Crippen MR) is 77.8 cm³/mol. The molecule has 0 aromatic heterocycles. The molecule has 1 atom stereocenters. The minimum Gasteiger partial charge on any atom is -0.489 e. The van der Waals surface area contributed by atoms with Gasteiger partial charge in [-0.25, -0.2) is 8.42 Å². The molecule has 1 heterocycles. The van der Waals surface area contributed by atoms with Crippen molar-refractivity contribution >= 4 is 9.84 Å². The number of benzene rings is 2. The minimum atomic E-state index is -3.30. The zero-order chi connectivity index (χ0) is 14.2. The van der Waals surface area contributed by atoms with Crippen molar-refractivity contribution in [1.29, 1.82) is 0 Å². The Labute approximate surface area is 119 Å². The van der Waals surface area contributed by atoms with Crippen molar-refractivity contribution in [2.24, 2.45) is 0 Å². The van der Waals surface area contributed by atoms with Gasteiger partial charge in [0, 0.05) is 6.42 Å². The molecule has 0 radical (unpaired) electrons. The maximum atomic E-state index is 12.3. The molecular weight excluding hydrogens is 272 g/mol. The van der Waals surface area contributed by atoms with Crippen LogP contribution in [0.4, 0.5) is 0 Å². The van der Waals surface area contributed by atoms with Gasteiger partial charge in [-0.2, -0.15) is 0 Å². The van der Waals surface area contributed by atoms with E-state index in [1.165, 1.54) is 5.56 Å². The van der Waals surface area contributed by atoms with Crippen molar-refractivity contribution in [3.63, 3.8) is 0 Å². The van der Waals surface area contributed by atoms with Crippen LogP contribution in [-0.2, 0) is 16.3 Å². The third-order valence-electron chi connectivity index (χ3n) is 3.46. The predicted octanol–water partition coefficient (Wildman–Crippen LogP) is 2.77. The molecule has 0 N–H and O–H groups in total. The summed E-state index contributed by atoms with van der Waals surface area (Å²) in [6.07, 6.45) is 0.361. The van der Waals surface area contributed by atoms with Gasteiger partial charge >= 0.3 is 0 Å². The number of hydrogen-bond acceptors (Lipinski definition) is 3. The first-order valence-electron chi connectivity index (χ1n) is 6.58. The van der Waals surface area contributed by atoms with Gasteiger partial charge in [-0.15, -0.1) is 0 Å². The number of rotatable bonds is 3. The second-order valence-corrected chi connectivity index (χ2v) is 7.18. The second kappa shape index (κ2) is 4.94. The highest BCUT2D eigenvalue weighted by Crippen LogP contribution is 2.30. The second-order valence-electron chi connectivity index (χ2n) is 5.15. The van der Waals surface area contributed by atoms with Crippen molar-refractivity contribution in [3.8, 4) is 5.75 Å². The molecule has 2 aromatic rings. The van der Waals surface area contributed by atoms with Gasteiger partial charge in [-0.1, -0.05) is 35.9 Å². The largest absolute Gasteiger partial charge is 0.489 e. The smallest absolute Gasteiger partial charge is 0.182 e. The van der Waals surface area contributed by atoms with Gasteiger partial charge < -0.3 is 4.74 Å². The van der Waals surface area contributed by atoms with Crippen LogP contribution in [0.2, 0.25) is 0 Å². The Morgan fingerprint density at radius 1 is 1.15 bits per heavy atom. The fraction of sp³-hybridized carbons (Fsp3) is 0.250. The standard InChI is InChI=1S/C16H16O3S/c1-12-7-8-16-13(9-12)10-14(19-16)11-20(17,18)15-5-3-2-4-6-15/h2-9,14H,10-11H2,1H3. The summed E-state index contributed by atoms with van der Waals surface area (Å²) < 4.78 is 30.4. The summed E-state index contributed by atoms with van der Waals surface area (Å²) in [4.78, 5) is 0.357. The highest BCUT2D eigenvalue weighted by atomic mass is 32.2. The molecule has 0 fully saturated rings. The van der Waals surface area contributed by atoms with Crippen LogP contribution in [0.25, 0.3) is 0 Å². The molecular formula is C16H16O3S. The number of fused-ring (bicyclic) bond motifs is 1. The van der Waals surface area contributed by atoms with Crippen molar-refractivity contribution in [2.75, 3.05) is 5.75 Å². The topological polar surface area (TPSA) is 43.4 Å². The summed E-state index contributed by atoms with van der Waals surface area (Å²) in [7, 11) is -3.30. The van der Waals surface area contributed by atoms with Crippen LogP contribution in [-0.4, -0.2) is 20.3 Å². The van der Waals surface area contributed by atoms with Crippen LogP contribution in [0.1, 0.15) is 11.1 Å². The van der Waals surface area contributed by atoms with Gasteiger partial charge in [0.1, 0.15) is 11.9 Å². The van der Waals surface area contributed by atoms with Crippen LogP contribution in [0.3, 0.4) is 0 Å². The molecule has 0 bridgehead atoms. The first kappa shape index (κ1) is 13.2. The summed E-state index contributed by atoms with van der Waals surface area (Å²) in [6.45, 7) is 2.02. The molecule has 1 aliphatic rings. The summed E-state index contributed by atoms with van der Waals surface area (Å²) in [5.41, 5.74) is 2.26. The molecule has 0 amide bonds. The van der Waals surface area contributed by atoms with E-state index in [1.54, 1.807) is 24.3 Å². The Morgan fingerprint density at radius 3 is 2.65 bits per heavy atom. The van der Waals surface area contributed by atoms with E-state index in [4.69, 9.17) is 4.74 Å². The van der Waals surface area contributed by atoms with Crippen LogP contribution in [0.5, 0.6) is 5.75 Å². The molecule has 1 aliphatic heterocycles. The molecule has 3 rings (SSSR count). The van der Waals surface area contributed by atoms with E-state index in [0.717, 1.165) is 11.3 Å². The summed E-state index contributed by atoms with van der Waals surface area (Å²) >= 11 is 0. The van der Waals surface area contributed by atoms with Gasteiger partial charge in [-0.3, -0.25) is 0 Å². The zero-order valence-electron chi connectivity index (χ0n) is 11.2. The van der Waals surface area contributed by atoms with Crippen molar-refractivity contribution in [2.45, 2.75) is 24.3 Å². The fourth-order valence-corrected chi connectivity index (χ4v) is 3.95. The van der Waals surface area contributed by atoms with Gasteiger partial charge in [-0.05, 0) is 30.7 Å². The van der Waals surface area contributed by atoms with Crippen LogP contribution < -0.4 is 4.74 Å². The first-order chi connectivity index (χ1) is 9.54. The van der Waals surface area contributed by atoms with Gasteiger partial charge in [0.05, 0.1) is 10.6 Å². The average Bonchev–Trinajstić information content (AvgIpc) is 2.80. The van der Waals surface area contributed by atoms with Crippen LogP contribution in [0, 0.1) is 6.92 Å². The minimum absolute atomic E-state index is 0.0186. The van der Waals surface area contributed by atoms with Gasteiger partial charge in [0.15, 0.2) is 9.84 Å². The first-order valence-corrected chi connectivity index (χ1v) is 8.24. The quantitative estimate of drug-likeness (QED) is 0.872. The van der Waals surface area contributed by atoms with Crippen LogP contribution in [0.15, 0.2) is 53.4 Å². The lowest BCUT2D eigenvalue weighted by molar-refractivity contribution is 0.256. The molecule has 1 unspecified atom stereocenters. The van der Waals surface area contributed by atoms with Crippen molar-refractivity contribution in [1.82, 2.24) is 0 Å². The number of ether oxygens (including phenoxy) is 1. The molecule has 104 valence electrons. The molecule has 0 aliphatic carbocycles. The summed E-state index contributed by atoms with van der Waals surface area (Å²) in [6, 6.07) is 14.5. The van der Waals surface area contributed by atoms with Gasteiger partial charge in [0.2, 0.25) is 0 Å². The Kier molecular flexibility index (Phi) is 3.26. The van der Waals surface area contributed by atoms with Crippen molar-refractivity contribution < 1.29 is 13.2 Å². The number of sulfone groups is 1. The molecule has 4 heteroatoms. The Bertz CT molecular complexity index is 721. The normalized spacial score (nSPS) is 17.6. The lowest BCUT2D eigenvalue weighted by Crippen LogP contribution is -2.25. The Morgan fingerprint density at radius 2 is 1.90 bits per heavy atom. The van der Waals surface area contributed by atoms with E-state index in [-0.39, 0.29) is 11.9 Å². The third kappa shape index (κ3) is 2.56. The lowest BCUT2D eigenvalue weighted by atomic mass is 10.1. The SMILES string of the molecule is Cc1ccc2c(c1)CC(CS(=O)(=O)c1ccccc1)O2. The van der Waals surface area contributed by atoms with E-state index in [2.05, 4.69) is 6.07 Å². The lowest BCUT2D eigenvalue weighted by Gasteiger charge is -2.11.